The largest absolute Gasteiger partial charge is 0.443 e. The van der Waals surface area contributed by atoms with Gasteiger partial charge in [-0.1, -0.05) is 0 Å². The zero-order chi connectivity index (χ0) is 19.0. The lowest BCUT2D eigenvalue weighted by molar-refractivity contribution is 0.0429. The van der Waals surface area contributed by atoms with Crippen LogP contribution in [-0.2, 0) is 9.47 Å². The van der Waals surface area contributed by atoms with Crippen molar-refractivity contribution in [1.29, 1.82) is 0 Å². The maximum atomic E-state index is 12.5. The van der Waals surface area contributed by atoms with E-state index in [0.29, 0.717) is 4.90 Å². The molecule has 2 amide bonds. The lowest BCUT2D eigenvalue weighted by atomic mass is 10.2. The van der Waals surface area contributed by atoms with E-state index in [2.05, 4.69) is 15.1 Å². The van der Waals surface area contributed by atoms with Gasteiger partial charge in [0.15, 0.2) is 0 Å². The van der Waals surface area contributed by atoms with Crippen LogP contribution in [0.4, 0.5) is 15.4 Å². The lowest BCUT2D eigenvalue weighted by Crippen LogP contribution is -2.44. The van der Waals surface area contributed by atoms with Crippen LogP contribution in [-0.4, -0.2) is 43.0 Å². The van der Waals surface area contributed by atoms with Gasteiger partial charge in [0.05, 0.1) is 6.20 Å². The van der Waals surface area contributed by atoms with Crippen LogP contribution in [0.15, 0.2) is 17.3 Å². The van der Waals surface area contributed by atoms with E-state index in [0.717, 1.165) is 4.52 Å². The normalized spacial score (nSPS) is 12.1. The molecule has 136 valence electrons. The average molecular weight is 351 g/mol. The average Bonchev–Trinajstić information content (AvgIpc) is 2.82. The highest BCUT2D eigenvalue weighted by Gasteiger charge is 2.33. The molecule has 0 atom stereocenters. The SMILES string of the molecule is CC(C)(C)OC(=O)N(C(=O)OC(C)(C)C)c1cn2ncnc2c(=O)[nH]1. The van der Waals surface area contributed by atoms with Crippen LogP contribution < -0.4 is 10.5 Å². The molecule has 0 radical (unpaired) electrons. The number of nitrogens with one attached hydrogen (secondary N) is 1. The summed E-state index contributed by atoms with van der Waals surface area (Å²) in [4.78, 5) is 43.9. The molecule has 0 unspecified atom stereocenters. The number of fused-ring (bicyclic) bond motifs is 1. The summed E-state index contributed by atoms with van der Waals surface area (Å²) in [5.74, 6) is -0.147. The maximum Gasteiger partial charge on any atom is 0.425 e. The molecule has 0 aliphatic heterocycles. The second kappa shape index (κ2) is 6.19. The minimum atomic E-state index is -0.989. The van der Waals surface area contributed by atoms with Crippen molar-refractivity contribution >= 4 is 23.7 Å². The van der Waals surface area contributed by atoms with Gasteiger partial charge in [0.25, 0.3) is 5.56 Å². The Morgan fingerprint density at radius 1 is 1.08 bits per heavy atom. The summed E-state index contributed by atoms with van der Waals surface area (Å²) < 4.78 is 11.6. The van der Waals surface area contributed by atoms with Gasteiger partial charge in [-0.2, -0.15) is 10.00 Å². The van der Waals surface area contributed by atoms with Crippen LogP contribution in [0.5, 0.6) is 0 Å². The molecule has 2 aromatic heterocycles. The Morgan fingerprint density at radius 3 is 2.08 bits per heavy atom. The fourth-order valence-electron chi connectivity index (χ4n) is 1.83. The first-order chi connectivity index (χ1) is 11.4. The van der Waals surface area contributed by atoms with Crippen molar-refractivity contribution in [3.63, 3.8) is 0 Å². The van der Waals surface area contributed by atoms with Crippen LogP contribution in [0, 0.1) is 0 Å². The van der Waals surface area contributed by atoms with Crippen LogP contribution >= 0.6 is 0 Å². The number of carbonyl (C=O) groups excluding carboxylic acids is 2. The van der Waals surface area contributed by atoms with Gasteiger partial charge in [-0.25, -0.2) is 19.1 Å². The van der Waals surface area contributed by atoms with E-state index in [4.69, 9.17) is 9.47 Å². The molecule has 2 aromatic rings. The summed E-state index contributed by atoms with van der Waals surface area (Å²) in [5.41, 5.74) is -2.30. The fraction of sp³-hybridized carbons (Fsp3) is 0.533. The highest BCUT2D eigenvalue weighted by Crippen LogP contribution is 2.19. The van der Waals surface area contributed by atoms with Crippen LogP contribution in [0.2, 0.25) is 0 Å². The van der Waals surface area contributed by atoms with E-state index in [9.17, 15) is 14.4 Å². The number of hydrogen-bond acceptors (Lipinski definition) is 7. The first-order valence-corrected chi connectivity index (χ1v) is 7.56. The molecular weight excluding hydrogens is 330 g/mol. The van der Waals surface area contributed by atoms with Crippen molar-refractivity contribution in [2.75, 3.05) is 4.90 Å². The molecule has 0 aliphatic rings. The van der Waals surface area contributed by atoms with Crippen molar-refractivity contribution in [2.45, 2.75) is 52.7 Å². The maximum absolute atomic E-state index is 12.5. The Morgan fingerprint density at radius 2 is 1.60 bits per heavy atom. The molecule has 0 fully saturated rings. The quantitative estimate of drug-likeness (QED) is 0.835. The Balaban J connectivity index is 2.50. The zero-order valence-electron chi connectivity index (χ0n) is 15.0. The second-order valence-corrected chi connectivity index (χ2v) is 7.29. The Labute approximate surface area is 143 Å². The van der Waals surface area contributed by atoms with Crippen molar-refractivity contribution in [3.05, 3.63) is 22.9 Å². The second-order valence-electron chi connectivity index (χ2n) is 7.29. The number of aromatic amines is 1. The summed E-state index contributed by atoms with van der Waals surface area (Å²) in [6, 6.07) is 0. The van der Waals surface area contributed by atoms with E-state index in [1.807, 2.05) is 0 Å². The molecule has 10 nitrogen and oxygen atoms in total. The first-order valence-electron chi connectivity index (χ1n) is 7.56. The number of amides is 2. The highest BCUT2D eigenvalue weighted by atomic mass is 16.6. The Hall–Kier alpha value is -2.91. The summed E-state index contributed by atoms with van der Waals surface area (Å²) in [6.45, 7) is 9.93. The van der Waals surface area contributed by atoms with Crippen molar-refractivity contribution in [2.24, 2.45) is 0 Å². The predicted molar refractivity (Wildman–Crippen MR) is 88.6 cm³/mol. The molecule has 0 saturated heterocycles. The van der Waals surface area contributed by atoms with Crippen LogP contribution in [0.25, 0.3) is 5.65 Å². The van der Waals surface area contributed by atoms with E-state index >= 15 is 0 Å². The molecular formula is C15H21N5O5. The highest BCUT2D eigenvalue weighted by molar-refractivity contribution is 6.08. The van der Waals surface area contributed by atoms with Gasteiger partial charge in [0.2, 0.25) is 5.65 Å². The number of H-pyrrole nitrogens is 1. The zero-order valence-corrected chi connectivity index (χ0v) is 15.0. The van der Waals surface area contributed by atoms with Crippen molar-refractivity contribution < 1.29 is 19.1 Å². The van der Waals surface area contributed by atoms with Crippen molar-refractivity contribution in [3.8, 4) is 0 Å². The summed E-state index contributed by atoms with van der Waals surface area (Å²) in [6.07, 6.45) is 0.478. The van der Waals surface area contributed by atoms with Crippen LogP contribution in [0.3, 0.4) is 0 Å². The number of imide groups is 1. The van der Waals surface area contributed by atoms with E-state index in [1.165, 1.54) is 12.5 Å². The fourth-order valence-corrected chi connectivity index (χ4v) is 1.83. The number of rotatable bonds is 1. The first kappa shape index (κ1) is 18.4. The molecule has 0 bridgehead atoms. The molecule has 0 aromatic carbocycles. The minimum Gasteiger partial charge on any atom is -0.443 e. The Bertz CT molecular complexity index is 828. The lowest BCUT2D eigenvalue weighted by Gasteiger charge is -2.28. The number of anilines is 1. The van der Waals surface area contributed by atoms with Gasteiger partial charge in [0.1, 0.15) is 23.3 Å². The van der Waals surface area contributed by atoms with Gasteiger partial charge >= 0.3 is 12.2 Å². The molecule has 0 saturated carbocycles. The van der Waals surface area contributed by atoms with Gasteiger partial charge in [-0.3, -0.25) is 4.79 Å². The van der Waals surface area contributed by atoms with Gasteiger partial charge in [0, 0.05) is 0 Å². The standard InChI is InChI=1S/C15H21N5O5/c1-14(2,3)24-12(22)20(13(23)25-15(4,5)6)9-7-19-10(11(21)18-9)16-8-17-19/h7-8H,1-6H3,(H,18,21). The van der Waals surface area contributed by atoms with Crippen molar-refractivity contribution in [1.82, 2.24) is 19.6 Å². The minimum absolute atomic E-state index is 0.0251. The smallest absolute Gasteiger partial charge is 0.425 e. The van der Waals surface area contributed by atoms with Crippen LogP contribution in [0.1, 0.15) is 41.5 Å². The topological polar surface area (TPSA) is 119 Å². The molecule has 0 aliphatic carbocycles. The molecule has 2 heterocycles. The number of nitrogens with zero attached hydrogens (tertiary/aromatic N) is 4. The molecule has 1 N–H and O–H groups in total. The van der Waals surface area contributed by atoms with Gasteiger partial charge in [-0.05, 0) is 41.5 Å². The predicted octanol–water partition coefficient (Wildman–Crippen LogP) is 2.09. The number of ether oxygens (including phenoxy) is 2. The van der Waals surface area contributed by atoms with E-state index in [1.54, 1.807) is 41.5 Å². The molecule has 0 spiro atoms. The number of carbonyl (C=O) groups is 2. The third-order valence-corrected chi connectivity index (χ3v) is 2.66. The van der Waals surface area contributed by atoms with Gasteiger partial charge < -0.3 is 14.5 Å². The van der Waals surface area contributed by atoms with Gasteiger partial charge in [-0.15, -0.1) is 0 Å². The van der Waals surface area contributed by atoms with E-state index in [-0.39, 0.29) is 11.5 Å². The number of hydrogen-bond donors (Lipinski definition) is 1. The number of aromatic nitrogens is 4. The third-order valence-electron chi connectivity index (χ3n) is 2.66. The summed E-state index contributed by atoms with van der Waals surface area (Å²) in [7, 11) is 0. The molecule has 2 rings (SSSR count). The summed E-state index contributed by atoms with van der Waals surface area (Å²) >= 11 is 0. The summed E-state index contributed by atoms with van der Waals surface area (Å²) in [5, 5.41) is 3.85. The Kier molecular flexibility index (Phi) is 4.56. The third kappa shape index (κ3) is 4.55. The monoisotopic (exact) mass is 351 g/mol. The van der Waals surface area contributed by atoms with E-state index < -0.39 is 28.9 Å². The molecule has 10 heteroatoms. The molecule has 25 heavy (non-hydrogen) atoms.